The molecule has 0 saturated heterocycles. The Hall–Kier alpha value is -2.80. The average Bonchev–Trinajstić information content (AvgIpc) is 2.91. The van der Waals surface area contributed by atoms with E-state index in [9.17, 15) is 4.79 Å². The lowest BCUT2D eigenvalue weighted by atomic mass is 10.2. The number of anilines is 1. The largest absolute Gasteiger partial charge is 0.488 e. The van der Waals surface area contributed by atoms with Gasteiger partial charge in [0, 0.05) is 11.8 Å². The summed E-state index contributed by atoms with van der Waals surface area (Å²) in [5.41, 5.74) is 6.73. The zero-order valence-electron chi connectivity index (χ0n) is 12.0. The molecule has 0 bridgehead atoms. The summed E-state index contributed by atoms with van der Waals surface area (Å²) < 4.78 is 5.62. The molecular formula is C15H18N5O2+. The highest BCUT2D eigenvalue weighted by molar-refractivity contribution is 5.79. The number of hydrogen-bond acceptors (Lipinski definition) is 4. The fourth-order valence-electron chi connectivity index (χ4n) is 2.32. The third kappa shape index (κ3) is 3.09. The molecule has 1 aromatic carbocycles. The molecule has 3 rings (SSSR count). The van der Waals surface area contributed by atoms with Gasteiger partial charge >= 0.3 is 0 Å². The third-order valence-electron chi connectivity index (χ3n) is 3.34. The number of ether oxygens (including phenoxy) is 1. The molecule has 0 fully saturated rings. The lowest BCUT2D eigenvalue weighted by Gasteiger charge is -2.05. The molecule has 0 saturated carbocycles. The van der Waals surface area contributed by atoms with Crippen LogP contribution in [0.4, 0.5) is 5.95 Å². The van der Waals surface area contributed by atoms with Crippen LogP contribution in [-0.4, -0.2) is 28.1 Å². The monoisotopic (exact) mass is 300 g/mol. The summed E-state index contributed by atoms with van der Waals surface area (Å²) in [6, 6.07) is 9.69. The van der Waals surface area contributed by atoms with E-state index in [2.05, 4.69) is 20.3 Å². The van der Waals surface area contributed by atoms with Crippen LogP contribution in [0.5, 0.6) is 5.75 Å². The van der Waals surface area contributed by atoms with Crippen molar-refractivity contribution in [3.63, 3.8) is 0 Å². The van der Waals surface area contributed by atoms with Gasteiger partial charge in [-0.3, -0.25) is 9.78 Å². The minimum absolute atomic E-state index is 0.117. The lowest BCUT2D eigenvalue weighted by molar-refractivity contribution is -0.670. The first kappa shape index (κ1) is 14.2. The maximum absolute atomic E-state index is 11.9. The summed E-state index contributed by atoms with van der Waals surface area (Å²) in [4.78, 5) is 21.5. The van der Waals surface area contributed by atoms with E-state index in [1.165, 1.54) is 0 Å². The maximum atomic E-state index is 11.9. The molecule has 2 heterocycles. The van der Waals surface area contributed by atoms with Gasteiger partial charge in [-0.25, -0.2) is 0 Å². The number of rotatable bonds is 6. The quantitative estimate of drug-likeness (QED) is 0.479. The number of H-pyrrole nitrogens is 2. The van der Waals surface area contributed by atoms with Gasteiger partial charge in [-0.05, 0) is 12.1 Å². The topological polar surface area (TPSA) is 113 Å². The normalized spacial score (nSPS) is 10.9. The van der Waals surface area contributed by atoms with Crippen molar-refractivity contribution in [2.45, 2.75) is 6.54 Å². The van der Waals surface area contributed by atoms with E-state index in [0.29, 0.717) is 24.2 Å². The number of nitrogen functional groups attached to an aromatic ring is 1. The molecule has 0 amide bonds. The minimum Gasteiger partial charge on any atom is -0.488 e. The third-order valence-corrected chi connectivity index (χ3v) is 3.34. The second kappa shape index (κ2) is 6.31. The number of benzene rings is 1. The first-order valence-electron chi connectivity index (χ1n) is 7.09. The summed E-state index contributed by atoms with van der Waals surface area (Å²) >= 11 is 0. The van der Waals surface area contributed by atoms with E-state index < -0.39 is 0 Å². The van der Waals surface area contributed by atoms with Crippen LogP contribution in [0.15, 0.2) is 41.3 Å². The average molecular weight is 300 g/mol. The van der Waals surface area contributed by atoms with Crippen LogP contribution in [0.2, 0.25) is 0 Å². The van der Waals surface area contributed by atoms with E-state index in [4.69, 9.17) is 10.5 Å². The molecule has 22 heavy (non-hydrogen) atoms. The molecule has 0 unspecified atom stereocenters. The number of quaternary nitrogens is 1. The highest BCUT2D eigenvalue weighted by Gasteiger charge is 2.11. The number of fused-ring (bicyclic) bond motifs is 1. The molecule has 3 aromatic rings. The van der Waals surface area contributed by atoms with E-state index in [0.717, 1.165) is 17.9 Å². The fourth-order valence-corrected chi connectivity index (χ4v) is 2.32. The summed E-state index contributed by atoms with van der Waals surface area (Å²) in [6.07, 6.45) is 1.79. The van der Waals surface area contributed by atoms with Crippen LogP contribution >= 0.6 is 0 Å². The molecule has 0 aliphatic heterocycles. The molecule has 7 nitrogen and oxygen atoms in total. The SMILES string of the molecule is Nc1nc2[nH]cc(C[NH2+]CCOc3ccccc3)c2c(=O)[nH]1. The molecule has 0 radical (unpaired) electrons. The van der Waals surface area contributed by atoms with Crippen molar-refractivity contribution >= 4 is 17.0 Å². The van der Waals surface area contributed by atoms with Crippen molar-refractivity contribution in [3.8, 4) is 5.75 Å². The predicted octanol–water partition coefficient (Wildman–Crippen LogP) is -0.0242. The van der Waals surface area contributed by atoms with E-state index >= 15 is 0 Å². The Bertz CT molecular complexity index is 810. The molecular weight excluding hydrogens is 282 g/mol. The lowest BCUT2D eigenvalue weighted by Crippen LogP contribution is -2.83. The zero-order chi connectivity index (χ0) is 15.4. The second-order valence-electron chi connectivity index (χ2n) is 4.93. The van der Waals surface area contributed by atoms with E-state index in [-0.39, 0.29) is 11.5 Å². The van der Waals surface area contributed by atoms with Crippen LogP contribution in [0.1, 0.15) is 5.56 Å². The Labute approximate surface area is 126 Å². The molecule has 0 atom stereocenters. The Morgan fingerprint density at radius 2 is 2.09 bits per heavy atom. The molecule has 0 aliphatic carbocycles. The number of hydrogen-bond donors (Lipinski definition) is 4. The second-order valence-corrected chi connectivity index (χ2v) is 4.93. The van der Waals surface area contributed by atoms with Gasteiger partial charge in [0.05, 0.1) is 5.39 Å². The Kier molecular flexibility index (Phi) is 4.06. The molecule has 0 spiro atoms. The van der Waals surface area contributed by atoms with Crippen molar-refractivity contribution in [2.75, 3.05) is 18.9 Å². The zero-order valence-corrected chi connectivity index (χ0v) is 12.0. The first-order valence-corrected chi connectivity index (χ1v) is 7.09. The predicted molar refractivity (Wildman–Crippen MR) is 83.6 cm³/mol. The van der Waals surface area contributed by atoms with Crippen molar-refractivity contribution in [2.24, 2.45) is 0 Å². The van der Waals surface area contributed by atoms with Gasteiger partial charge in [0.15, 0.2) is 0 Å². The van der Waals surface area contributed by atoms with Crippen molar-refractivity contribution in [1.82, 2.24) is 15.0 Å². The molecule has 6 N–H and O–H groups in total. The van der Waals surface area contributed by atoms with Crippen LogP contribution < -0.4 is 21.3 Å². The maximum Gasteiger partial charge on any atom is 0.262 e. The van der Waals surface area contributed by atoms with E-state index in [1.807, 2.05) is 30.3 Å². The standard InChI is InChI=1S/C15H17N5O2/c16-15-19-13-12(14(21)20-15)10(9-18-13)8-17-6-7-22-11-4-2-1-3-5-11/h1-5,9,17H,6-8H2,(H4,16,18,19,20,21)/p+1. The van der Waals surface area contributed by atoms with Crippen LogP contribution in [0.3, 0.4) is 0 Å². The minimum atomic E-state index is -0.215. The van der Waals surface area contributed by atoms with Crippen LogP contribution in [-0.2, 0) is 6.54 Å². The van der Waals surface area contributed by atoms with Gasteiger partial charge in [0.2, 0.25) is 5.95 Å². The number of nitrogens with zero attached hydrogens (tertiary/aromatic N) is 1. The van der Waals surface area contributed by atoms with Crippen molar-refractivity contribution in [1.29, 1.82) is 0 Å². The Morgan fingerprint density at radius 1 is 1.27 bits per heavy atom. The van der Waals surface area contributed by atoms with Crippen LogP contribution in [0, 0.1) is 0 Å². The Morgan fingerprint density at radius 3 is 2.91 bits per heavy atom. The smallest absolute Gasteiger partial charge is 0.262 e. The van der Waals surface area contributed by atoms with Gasteiger partial charge in [-0.15, -0.1) is 0 Å². The Balaban J connectivity index is 1.55. The van der Waals surface area contributed by atoms with Gasteiger partial charge in [0.1, 0.15) is 31.1 Å². The van der Waals surface area contributed by atoms with Gasteiger partial charge in [-0.1, -0.05) is 18.2 Å². The molecule has 114 valence electrons. The van der Waals surface area contributed by atoms with Gasteiger partial charge in [-0.2, -0.15) is 4.98 Å². The van der Waals surface area contributed by atoms with E-state index in [1.54, 1.807) is 6.20 Å². The van der Waals surface area contributed by atoms with Crippen molar-refractivity contribution < 1.29 is 10.1 Å². The van der Waals surface area contributed by atoms with Crippen LogP contribution in [0.25, 0.3) is 11.0 Å². The number of aromatic nitrogens is 3. The summed E-state index contributed by atoms with van der Waals surface area (Å²) in [5.74, 6) is 0.977. The number of aromatic amines is 2. The molecule has 7 heteroatoms. The molecule has 0 aliphatic rings. The highest BCUT2D eigenvalue weighted by atomic mass is 16.5. The number of nitrogens with two attached hydrogens (primary N) is 2. The van der Waals surface area contributed by atoms with Gasteiger partial charge in [0.25, 0.3) is 5.56 Å². The summed E-state index contributed by atoms with van der Waals surface area (Å²) in [6.45, 7) is 2.07. The highest BCUT2D eigenvalue weighted by Crippen LogP contribution is 2.11. The fraction of sp³-hybridized carbons (Fsp3) is 0.200. The molecule has 2 aromatic heterocycles. The van der Waals surface area contributed by atoms with Gasteiger partial charge < -0.3 is 20.8 Å². The van der Waals surface area contributed by atoms with Crippen molar-refractivity contribution in [3.05, 3.63) is 52.4 Å². The number of nitrogens with one attached hydrogen (secondary N) is 2. The first-order chi connectivity index (χ1) is 10.7. The summed E-state index contributed by atoms with van der Waals surface area (Å²) in [7, 11) is 0. The summed E-state index contributed by atoms with van der Waals surface area (Å²) in [5, 5.41) is 2.65. The number of para-hydroxylation sites is 1.